The molecular formula is C25H30N2O2. The molecule has 3 aromatic rings. The lowest BCUT2D eigenvalue weighted by Gasteiger charge is -2.38. The van der Waals surface area contributed by atoms with Gasteiger partial charge in [-0.15, -0.1) is 0 Å². The van der Waals surface area contributed by atoms with Gasteiger partial charge in [0.05, 0.1) is 0 Å². The summed E-state index contributed by atoms with van der Waals surface area (Å²) in [6, 6.07) is 20.8. The van der Waals surface area contributed by atoms with Gasteiger partial charge in [0, 0.05) is 38.4 Å². The van der Waals surface area contributed by atoms with Crippen molar-refractivity contribution >= 4 is 16.5 Å². The van der Waals surface area contributed by atoms with Crippen LogP contribution in [-0.4, -0.2) is 55.4 Å². The number of anilines is 1. The van der Waals surface area contributed by atoms with Gasteiger partial charge in [-0.1, -0.05) is 48.5 Å². The first-order valence-corrected chi connectivity index (χ1v) is 10.4. The second-order valence-corrected chi connectivity index (χ2v) is 8.00. The number of piperazine rings is 1. The van der Waals surface area contributed by atoms with Crippen LogP contribution in [0.4, 0.5) is 5.69 Å². The third-order valence-corrected chi connectivity index (χ3v) is 5.76. The molecule has 1 saturated heterocycles. The molecule has 1 atom stereocenters. The van der Waals surface area contributed by atoms with Gasteiger partial charge in [-0.25, -0.2) is 0 Å². The lowest BCUT2D eigenvalue weighted by molar-refractivity contribution is 0.0663. The highest BCUT2D eigenvalue weighted by Gasteiger charge is 2.21. The monoisotopic (exact) mass is 390 g/mol. The summed E-state index contributed by atoms with van der Waals surface area (Å²) < 4.78 is 5.85. The topological polar surface area (TPSA) is 35.9 Å². The van der Waals surface area contributed by atoms with Crippen molar-refractivity contribution in [3.8, 4) is 5.75 Å². The van der Waals surface area contributed by atoms with E-state index in [2.05, 4.69) is 60.0 Å². The molecule has 3 aromatic carbocycles. The number of para-hydroxylation sites is 1. The number of benzene rings is 3. The maximum atomic E-state index is 10.5. The van der Waals surface area contributed by atoms with Crippen molar-refractivity contribution in [3.05, 3.63) is 71.8 Å². The van der Waals surface area contributed by atoms with Crippen LogP contribution in [0.1, 0.15) is 11.1 Å². The van der Waals surface area contributed by atoms with Gasteiger partial charge >= 0.3 is 0 Å². The van der Waals surface area contributed by atoms with Crippen LogP contribution in [0.2, 0.25) is 0 Å². The molecule has 1 N–H and O–H groups in total. The zero-order valence-corrected chi connectivity index (χ0v) is 17.3. The van der Waals surface area contributed by atoms with Crippen LogP contribution >= 0.6 is 0 Å². The highest BCUT2D eigenvalue weighted by Crippen LogP contribution is 2.25. The summed E-state index contributed by atoms with van der Waals surface area (Å²) in [5, 5.41) is 12.8. The first-order valence-electron chi connectivity index (χ1n) is 10.4. The maximum Gasteiger partial charge on any atom is 0.120 e. The molecule has 0 aliphatic carbocycles. The van der Waals surface area contributed by atoms with E-state index in [4.69, 9.17) is 4.74 Å². The first kappa shape index (κ1) is 19.7. The second-order valence-electron chi connectivity index (χ2n) is 8.00. The number of aliphatic hydroxyl groups is 1. The minimum Gasteiger partial charge on any atom is -0.491 e. The molecule has 1 unspecified atom stereocenters. The maximum absolute atomic E-state index is 10.5. The van der Waals surface area contributed by atoms with Crippen molar-refractivity contribution in [3.63, 3.8) is 0 Å². The van der Waals surface area contributed by atoms with Crippen molar-refractivity contribution in [2.45, 2.75) is 20.0 Å². The molecule has 4 nitrogen and oxygen atoms in total. The summed E-state index contributed by atoms with van der Waals surface area (Å²) in [4.78, 5) is 4.80. The molecule has 29 heavy (non-hydrogen) atoms. The van der Waals surface area contributed by atoms with Gasteiger partial charge in [0.15, 0.2) is 0 Å². The molecule has 0 bridgehead atoms. The summed E-state index contributed by atoms with van der Waals surface area (Å²) >= 11 is 0. The zero-order chi connectivity index (χ0) is 20.2. The number of ether oxygens (including phenoxy) is 1. The Hall–Kier alpha value is -2.56. The Morgan fingerprint density at radius 3 is 2.28 bits per heavy atom. The lowest BCUT2D eigenvalue weighted by atomic mass is 10.1. The highest BCUT2D eigenvalue weighted by atomic mass is 16.5. The predicted octanol–water partition coefficient (Wildman–Crippen LogP) is 4.02. The van der Waals surface area contributed by atoms with Gasteiger partial charge in [-0.2, -0.15) is 0 Å². The number of hydrogen-bond acceptors (Lipinski definition) is 4. The van der Waals surface area contributed by atoms with E-state index in [1.165, 1.54) is 22.2 Å². The van der Waals surface area contributed by atoms with Crippen molar-refractivity contribution in [2.75, 3.05) is 44.2 Å². The minimum atomic E-state index is -0.492. The summed E-state index contributed by atoms with van der Waals surface area (Å²) in [7, 11) is 0. The Morgan fingerprint density at radius 2 is 1.55 bits per heavy atom. The third-order valence-electron chi connectivity index (χ3n) is 5.76. The van der Waals surface area contributed by atoms with E-state index in [9.17, 15) is 5.11 Å². The number of β-amino-alcohol motifs (C(OH)–C–C–N with tert-alkyl or cyclic N) is 1. The number of aryl methyl sites for hydroxylation is 2. The van der Waals surface area contributed by atoms with Crippen LogP contribution in [0.3, 0.4) is 0 Å². The zero-order valence-electron chi connectivity index (χ0n) is 17.3. The fraction of sp³-hybridized carbons (Fsp3) is 0.360. The van der Waals surface area contributed by atoms with Gasteiger partial charge in [-0.3, -0.25) is 4.90 Å². The van der Waals surface area contributed by atoms with E-state index in [0.717, 1.165) is 37.3 Å². The molecule has 0 spiro atoms. The molecule has 4 rings (SSSR count). The summed E-state index contributed by atoms with van der Waals surface area (Å²) in [5.74, 6) is 0.808. The van der Waals surface area contributed by atoms with Crippen molar-refractivity contribution < 1.29 is 9.84 Å². The molecule has 0 amide bonds. The first-order chi connectivity index (χ1) is 14.1. The molecule has 1 aliphatic heterocycles. The standard InChI is InChI=1S/C25H30N2O2/c1-19-6-5-7-20(2)25(19)27-14-12-26(13-15-27)17-23(28)18-29-24-11-10-21-8-3-4-9-22(21)16-24/h3-11,16,23,28H,12-15,17-18H2,1-2H3. The molecule has 1 heterocycles. The Kier molecular flexibility index (Phi) is 6.02. The third kappa shape index (κ3) is 4.72. The second kappa shape index (κ2) is 8.85. The number of aliphatic hydroxyl groups excluding tert-OH is 1. The van der Waals surface area contributed by atoms with Crippen molar-refractivity contribution in [1.29, 1.82) is 0 Å². The number of fused-ring (bicyclic) bond motifs is 1. The quantitative estimate of drug-likeness (QED) is 0.690. The number of nitrogens with zero attached hydrogens (tertiary/aromatic N) is 2. The van der Waals surface area contributed by atoms with E-state index in [1.54, 1.807) is 0 Å². The smallest absolute Gasteiger partial charge is 0.120 e. The van der Waals surface area contributed by atoms with Crippen LogP contribution < -0.4 is 9.64 Å². The largest absolute Gasteiger partial charge is 0.491 e. The highest BCUT2D eigenvalue weighted by molar-refractivity contribution is 5.83. The Labute approximate surface area is 173 Å². The Bertz CT molecular complexity index is 944. The summed E-state index contributed by atoms with van der Waals surface area (Å²) in [6.45, 7) is 9.23. The number of rotatable bonds is 6. The van der Waals surface area contributed by atoms with Crippen molar-refractivity contribution in [1.82, 2.24) is 4.90 Å². The van der Waals surface area contributed by atoms with E-state index >= 15 is 0 Å². The Morgan fingerprint density at radius 1 is 0.862 bits per heavy atom. The van der Waals surface area contributed by atoms with E-state index in [0.29, 0.717) is 13.2 Å². The van der Waals surface area contributed by atoms with Crippen LogP contribution in [0.15, 0.2) is 60.7 Å². The average Bonchev–Trinajstić information content (AvgIpc) is 2.73. The number of hydrogen-bond donors (Lipinski definition) is 1. The predicted molar refractivity (Wildman–Crippen MR) is 120 cm³/mol. The molecule has 152 valence electrons. The summed E-state index contributed by atoms with van der Waals surface area (Å²) in [5.41, 5.74) is 4.04. The lowest BCUT2D eigenvalue weighted by Crippen LogP contribution is -2.49. The van der Waals surface area contributed by atoms with Gasteiger partial charge in [0.25, 0.3) is 0 Å². The van der Waals surface area contributed by atoms with Crippen LogP contribution in [0.25, 0.3) is 10.8 Å². The van der Waals surface area contributed by atoms with E-state index < -0.39 is 6.10 Å². The molecule has 1 fully saturated rings. The van der Waals surface area contributed by atoms with Gasteiger partial charge in [-0.05, 0) is 47.9 Å². The SMILES string of the molecule is Cc1cccc(C)c1N1CCN(CC(O)COc2ccc3ccccc3c2)CC1. The Balaban J connectivity index is 1.27. The molecule has 4 heteroatoms. The van der Waals surface area contributed by atoms with Gasteiger partial charge < -0.3 is 14.7 Å². The molecule has 0 aromatic heterocycles. The fourth-order valence-corrected chi connectivity index (χ4v) is 4.26. The fourth-order valence-electron chi connectivity index (χ4n) is 4.26. The van der Waals surface area contributed by atoms with E-state index in [1.807, 2.05) is 24.3 Å². The van der Waals surface area contributed by atoms with Crippen molar-refractivity contribution in [2.24, 2.45) is 0 Å². The molecular weight excluding hydrogens is 360 g/mol. The molecule has 0 saturated carbocycles. The average molecular weight is 391 g/mol. The minimum absolute atomic E-state index is 0.315. The van der Waals surface area contributed by atoms with Gasteiger partial charge in [0.2, 0.25) is 0 Å². The van der Waals surface area contributed by atoms with Crippen LogP contribution in [0, 0.1) is 13.8 Å². The van der Waals surface area contributed by atoms with Crippen LogP contribution in [-0.2, 0) is 0 Å². The van der Waals surface area contributed by atoms with Gasteiger partial charge in [0.1, 0.15) is 18.5 Å². The molecule has 1 aliphatic rings. The van der Waals surface area contributed by atoms with E-state index in [-0.39, 0.29) is 0 Å². The normalized spacial score (nSPS) is 16.2. The summed E-state index contributed by atoms with van der Waals surface area (Å²) in [6.07, 6.45) is -0.492. The van der Waals surface area contributed by atoms with Crippen LogP contribution in [0.5, 0.6) is 5.75 Å². The molecule has 0 radical (unpaired) electrons.